The van der Waals surface area contributed by atoms with Crippen LogP contribution in [0.2, 0.25) is 0 Å². The summed E-state index contributed by atoms with van der Waals surface area (Å²) in [5.41, 5.74) is -0.321. The number of hydrogen-bond donors (Lipinski definition) is 0. The Morgan fingerprint density at radius 1 is 1.23 bits per heavy atom. The van der Waals surface area contributed by atoms with Crippen molar-refractivity contribution < 1.29 is 21.6 Å². The van der Waals surface area contributed by atoms with Crippen LogP contribution in [0.15, 0.2) is 18.3 Å². The van der Waals surface area contributed by atoms with Gasteiger partial charge in [0.25, 0.3) is 0 Å². The third-order valence-corrected chi connectivity index (χ3v) is 7.31. The Hall–Kier alpha value is -1.15. The van der Waals surface area contributed by atoms with Crippen LogP contribution >= 0.6 is 0 Å². The average molecular weight is 390 g/mol. The lowest BCUT2D eigenvalue weighted by Crippen LogP contribution is -2.36. The molecule has 1 aromatic rings. The van der Waals surface area contributed by atoms with Crippen LogP contribution in [-0.2, 0) is 22.4 Å². The Morgan fingerprint density at radius 2 is 1.96 bits per heavy atom. The van der Waals surface area contributed by atoms with Crippen molar-refractivity contribution in [1.29, 1.82) is 0 Å². The molecule has 3 heterocycles. The maximum atomic E-state index is 12.6. The Morgan fingerprint density at radius 3 is 2.50 bits per heavy atom. The standard InChI is InChI=1S/C18H25F3N2O2S/c1-16(2,9-14-3-4-15(22-10-14)18(19,20)21)11-23-7-5-17(12-23)6-8-26(24,25)13-17/h3-4,10H,5-9,11-13H2,1-2H3/t17-/m0/s1. The van der Waals surface area contributed by atoms with Crippen molar-refractivity contribution in [3.63, 3.8) is 0 Å². The van der Waals surface area contributed by atoms with Gasteiger partial charge in [0.1, 0.15) is 5.69 Å². The molecule has 0 N–H and O–H groups in total. The lowest BCUT2D eigenvalue weighted by molar-refractivity contribution is -0.141. The van der Waals surface area contributed by atoms with Crippen molar-refractivity contribution in [2.75, 3.05) is 31.1 Å². The fourth-order valence-electron chi connectivity index (χ4n) is 4.38. The maximum absolute atomic E-state index is 12.6. The maximum Gasteiger partial charge on any atom is 0.433 e. The van der Waals surface area contributed by atoms with Crippen LogP contribution in [0.5, 0.6) is 0 Å². The van der Waals surface area contributed by atoms with Gasteiger partial charge in [0.05, 0.1) is 11.5 Å². The first kappa shape index (κ1) is 19.6. The summed E-state index contributed by atoms with van der Waals surface area (Å²) < 4.78 is 61.5. The summed E-state index contributed by atoms with van der Waals surface area (Å²) in [6, 6.07) is 2.52. The molecule has 26 heavy (non-hydrogen) atoms. The van der Waals surface area contributed by atoms with Crippen molar-refractivity contribution in [2.24, 2.45) is 10.8 Å². The molecule has 0 unspecified atom stereocenters. The molecule has 4 nitrogen and oxygen atoms in total. The smallest absolute Gasteiger partial charge is 0.302 e. The zero-order valence-electron chi connectivity index (χ0n) is 15.1. The predicted molar refractivity (Wildman–Crippen MR) is 93.5 cm³/mol. The van der Waals surface area contributed by atoms with Crippen LogP contribution in [0.25, 0.3) is 0 Å². The second-order valence-electron chi connectivity index (χ2n) is 8.69. The minimum Gasteiger partial charge on any atom is -0.302 e. The van der Waals surface area contributed by atoms with Gasteiger partial charge >= 0.3 is 6.18 Å². The van der Waals surface area contributed by atoms with Crippen LogP contribution in [0.1, 0.15) is 37.9 Å². The van der Waals surface area contributed by atoms with Gasteiger partial charge in [-0.2, -0.15) is 13.2 Å². The summed E-state index contributed by atoms with van der Waals surface area (Å²) in [4.78, 5) is 5.84. The minimum absolute atomic E-state index is 0.0924. The lowest BCUT2D eigenvalue weighted by Gasteiger charge is -2.31. The molecule has 3 rings (SSSR count). The van der Waals surface area contributed by atoms with E-state index in [1.165, 1.54) is 12.3 Å². The molecule has 1 aromatic heterocycles. The van der Waals surface area contributed by atoms with E-state index < -0.39 is 21.7 Å². The number of sulfone groups is 1. The fraction of sp³-hybridized carbons (Fsp3) is 0.722. The van der Waals surface area contributed by atoms with E-state index in [2.05, 4.69) is 23.7 Å². The summed E-state index contributed by atoms with van der Waals surface area (Å²) >= 11 is 0. The van der Waals surface area contributed by atoms with Gasteiger partial charge in [-0.25, -0.2) is 8.42 Å². The third-order valence-electron chi connectivity index (χ3n) is 5.44. The number of pyridine rings is 1. The fourth-order valence-corrected chi connectivity index (χ4v) is 6.58. The van der Waals surface area contributed by atoms with E-state index in [4.69, 9.17) is 0 Å². The highest BCUT2D eigenvalue weighted by Crippen LogP contribution is 2.41. The van der Waals surface area contributed by atoms with Gasteiger partial charge in [-0.15, -0.1) is 0 Å². The monoisotopic (exact) mass is 390 g/mol. The molecule has 8 heteroatoms. The Labute approximate surface area is 152 Å². The topological polar surface area (TPSA) is 50.3 Å². The normalized spacial score (nSPS) is 26.7. The van der Waals surface area contributed by atoms with Gasteiger partial charge in [-0.1, -0.05) is 19.9 Å². The van der Waals surface area contributed by atoms with Crippen LogP contribution in [-0.4, -0.2) is 49.4 Å². The molecule has 0 aliphatic carbocycles. The molecule has 0 aromatic carbocycles. The average Bonchev–Trinajstić information content (AvgIpc) is 3.00. The van der Waals surface area contributed by atoms with Crippen LogP contribution in [0.3, 0.4) is 0 Å². The van der Waals surface area contributed by atoms with Crippen molar-refractivity contribution in [2.45, 2.75) is 39.3 Å². The summed E-state index contributed by atoms with van der Waals surface area (Å²) in [7, 11) is -2.90. The molecule has 0 amide bonds. The highest BCUT2D eigenvalue weighted by atomic mass is 32.2. The van der Waals surface area contributed by atoms with Crippen LogP contribution < -0.4 is 0 Å². The molecule has 1 atom stereocenters. The van der Waals surface area contributed by atoms with E-state index in [1.54, 1.807) is 0 Å². The number of aromatic nitrogens is 1. The first-order valence-electron chi connectivity index (χ1n) is 8.83. The van der Waals surface area contributed by atoms with Crippen molar-refractivity contribution in [1.82, 2.24) is 9.88 Å². The number of hydrogen-bond acceptors (Lipinski definition) is 4. The van der Waals surface area contributed by atoms with E-state index in [-0.39, 0.29) is 10.8 Å². The van der Waals surface area contributed by atoms with Crippen molar-refractivity contribution >= 4 is 9.84 Å². The van der Waals surface area contributed by atoms with Gasteiger partial charge in [-0.3, -0.25) is 4.98 Å². The molecule has 2 fully saturated rings. The summed E-state index contributed by atoms with van der Waals surface area (Å²) in [5, 5.41) is 0. The predicted octanol–water partition coefficient (Wildman–Crippen LogP) is 3.18. The second kappa shape index (κ2) is 6.48. The van der Waals surface area contributed by atoms with Gasteiger partial charge in [0.2, 0.25) is 0 Å². The van der Waals surface area contributed by atoms with E-state index in [0.29, 0.717) is 17.9 Å². The van der Waals surface area contributed by atoms with Gasteiger partial charge in [0.15, 0.2) is 9.84 Å². The summed E-state index contributed by atoms with van der Waals surface area (Å²) in [5.74, 6) is 0.585. The molecular formula is C18H25F3N2O2S. The number of nitrogens with zero attached hydrogens (tertiary/aromatic N) is 2. The van der Waals surface area contributed by atoms with E-state index in [1.807, 2.05) is 0 Å². The highest BCUT2D eigenvalue weighted by molar-refractivity contribution is 7.91. The molecule has 0 saturated carbocycles. The van der Waals surface area contributed by atoms with E-state index in [0.717, 1.165) is 44.1 Å². The zero-order chi connectivity index (χ0) is 19.2. The molecule has 1 spiro atoms. The van der Waals surface area contributed by atoms with Crippen molar-refractivity contribution in [3.8, 4) is 0 Å². The Kier molecular flexibility index (Phi) is 4.88. The van der Waals surface area contributed by atoms with Crippen LogP contribution in [0.4, 0.5) is 13.2 Å². The second-order valence-corrected chi connectivity index (χ2v) is 10.9. The highest BCUT2D eigenvalue weighted by Gasteiger charge is 2.47. The molecular weight excluding hydrogens is 365 g/mol. The lowest BCUT2D eigenvalue weighted by atomic mass is 9.85. The SMILES string of the molecule is CC(C)(Cc1ccc(C(F)(F)F)nc1)CN1CC[C@]2(CCS(=O)(=O)C2)C1. The van der Waals surface area contributed by atoms with Crippen LogP contribution in [0, 0.1) is 10.8 Å². The molecule has 146 valence electrons. The Bertz CT molecular complexity index is 760. The number of rotatable bonds is 4. The first-order chi connectivity index (χ1) is 11.9. The van der Waals surface area contributed by atoms with Gasteiger partial charge in [0, 0.05) is 19.3 Å². The molecule has 2 aliphatic rings. The molecule has 0 radical (unpaired) electrons. The van der Waals surface area contributed by atoms with Crippen molar-refractivity contribution in [3.05, 3.63) is 29.6 Å². The number of alkyl halides is 3. The summed E-state index contributed by atoms with van der Waals surface area (Å²) in [6.45, 7) is 6.63. The van der Waals surface area contributed by atoms with E-state index in [9.17, 15) is 21.6 Å². The molecule has 0 bridgehead atoms. The Balaban J connectivity index is 1.59. The quantitative estimate of drug-likeness (QED) is 0.792. The zero-order valence-corrected chi connectivity index (χ0v) is 16.0. The molecule has 2 aliphatic heterocycles. The molecule has 2 saturated heterocycles. The summed E-state index contributed by atoms with van der Waals surface area (Å²) in [6.07, 6.45) is -0.835. The van der Waals surface area contributed by atoms with Gasteiger partial charge < -0.3 is 4.90 Å². The number of likely N-dealkylation sites (tertiary alicyclic amines) is 1. The first-order valence-corrected chi connectivity index (χ1v) is 10.7. The minimum atomic E-state index is -4.42. The van der Waals surface area contributed by atoms with Gasteiger partial charge in [-0.05, 0) is 48.3 Å². The number of halogens is 3. The van der Waals surface area contributed by atoms with E-state index >= 15 is 0 Å². The largest absolute Gasteiger partial charge is 0.433 e. The third kappa shape index (κ3) is 4.57.